The Morgan fingerprint density at radius 3 is 2.58 bits per heavy atom. The van der Waals surface area contributed by atoms with Gasteiger partial charge in [-0.3, -0.25) is 4.90 Å². The summed E-state index contributed by atoms with van der Waals surface area (Å²) in [5.74, 6) is 0. The molecule has 0 aliphatic carbocycles. The molecule has 2 saturated heterocycles. The molecule has 4 nitrogen and oxygen atoms in total. The molecule has 2 heterocycles. The van der Waals surface area contributed by atoms with Gasteiger partial charge < -0.3 is 15.2 Å². The Labute approximate surface area is 72.5 Å². The van der Waals surface area contributed by atoms with Crippen molar-refractivity contribution in [1.82, 2.24) is 10.2 Å². The second-order valence-corrected chi connectivity index (χ2v) is 3.46. The maximum atomic E-state index is 9.55. The van der Waals surface area contributed by atoms with Crippen LogP contribution in [0.5, 0.6) is 0 Å². The summed E-state index contributed by atoms with van der Waals surface area (Å²) in [6.45, 7) is 5.33. The third-order valence-corrected chi connectivity index (χ3v) is 2.64. The molecule has 0 unspecified atom stereocenters. The van der Waals surface area contributed by atoms with E-state index < -0.39 is 0 Å². The van der Waals surface area contributed by atoms with E-state index in [1.165, 1.54) is 0 Å². The molecule has 0 amide bonds. The van der Waals surface area contributed by atoms with Gasteiger partial charge in [-0.25, -0.2) is 0 Å². The lowest BCUT2D eigenvalue weighted by Crippen LogP contribution is -2.52. The van der Waals surface area contributed by atoms with Crippen LogP contribution in [-0.4, -0.2) is 61.5 Å². The molecular formula is C8H16N2O2. The van der Waals surface area contributed by atoms with Crippen molar-refractivity contribution >= 4 is 0 Å². The lowest BCUT2D eigenvalue weighted by Gasteiger charge is -2.33. The SMILES string of the molecule is O[C@@H]1COC[C@H]1N1CCNCC1. The molecule has 2 atom stereocenters. The first-order valence-electron chi connectivity index (χ1n) is 4.58. The van der Waals surface area contributed by atoms with E-state index in [4.69, 9.17) is 4.74 Å². The molecule has 12 heavy (non-hydrogen) atoms. The molecule has 2 N–H and O–H groups in total. The largest absolute Gasteiger partial charge is 0.389 e. The Kier molecular flexibility index (Phi) is 2.60. The fourth-order valence-electron chi connectivity index (χ4n) is 1.89. The van der Waals surface area contributed by atoms with E-state index in [9.17, 15) is 5.11 Å². The van der Waals surface area contributed by atoms with Crippen molar-refractivity contribution in [2.75, 3.05) is 39.4 Å². The average molecular weight is 172 g/mol. The predicted molar refractivity (Wildman–Crippen MR) is 45.1 cm³/mol. The smallest absolute Gasteiger partial charge is 0.0950 e. The maximum Gasteiger partial charge on any atom is 0.0950 e. The van der Waals surface area contributed by atoms with Crippen LogP contribution in [0.2, 0.25) is 0 Å². The molecular weight excluding hydrogens is 156 g/mol. The van der Waals surface area contributed by atoms with Crippen LogP contribution in [0, 0.1) is 0 Å². The third kappa shape index (κ3) is 1.61. The highest BCUT2D eigenvalue weighted by molar-refractivity contribution is 4.85. The van der Waals surface area contributed by atoms with Crippen molar-refractivity contribution in [3.8, 4) is 0 Å². The Bertz CT molecular complexity index is 148. The summed E-state index contributed by atoms with van der Waals surface area (Å²) in [6.07, 6.45) is -0.275. The molecule has 70 valence electrons. The van der Waals surface area contributed by atoms with E-state index in [-0.39, 0.29) is 12.1 Å². The minimum absolute atomic E-state index is 0.243. The second-order valence-electron chi connectivity index (χ2n) is 3.46. The molecule has 0 spiro atoms. The molecule has 0 aromatic heterocycles. The van der Waals surface area contributed by atoms with Crippen LogP contribution in [0.4, 0.5) is 0 Å². The van der Waals surface area contributed by atoms with Gasteiger partial charge in [-0.05, 0) is 0 Å². The standard InChI is InChI=1S/C8H16N2O2/c11-8-6-12-5-7(8)10-3-1-9-2-4-10/h7-9,11H,1-6H2/t7-,8-/m1/s1. The third-order valence-electron chi connectivity index (χ3n) is 2.64. The van der Waals surface area contributed by atoms with Gasteiger partial charge in [0.15, 0.2) is 0 Å². The first kappa shape index (κ1) is 8.44. The predicted octanol–water partition coefficient (Wildman–Crippen LogP) is -1.35. The second kappa shape index (κ2) is 3.70. The van der Waals surface area contributed by atoms with Crippen LogP contribution in [0.15, 0.2) is 0 Å². The van der Waals surface area contributed by atoms with Gasteiger partial charge in [-0.1, -0.05) is 0 Å². The summed E-state index contributed by atoms with van der Waals surface area (Å²) in [5.41, 5.74) is 0. The zero-order valence-electron chi connectivity index (χ0n) is 7.20. The molecule has 2 rings (SSSR count). The normalized spacial score (nSPS) is 38.8. The number of aliphatic hydroxyl groups is 1. The number of nitrogens with one attached hydrogen (secondary N) is 1. The van der Waals surface area contributed by atoms with Crippen molar-refractivity contribution in [1.29, 1.82) is 0 Å². The first-order chi connectivity index (χ1) is 5.88. The number of nitrogens with zero attached hydrogens (tertiary/aromatic N) is 1. The Hall–Kier alpha value is -0.160. The highest BCUT2D eigenvalue weighted by atomic mass is 16.5. The Morgan fingerprint density at radius 1 is 1.25 bits per heavy atom. The summed E-state index contributed by atoms with van der Waals surface area (Å²) in [4.78, 5) is 2.31. The van der Waals surface area contributed by atoms with Gasteiger partial charge >= 0.3 is 0 Å². The van der Waals surface area contributed by atoms with E-state index in [0.29, 0.717) is 13.2 Å². The minimum Gasteiger partial charge on any atom is -0.389 e. The summed E-state index contributed by atoms with van der Waals surface area (Å²) >= 11 is 0. The molecule has 4 heteroatoms. The minimum atomic E-state index is -0.275. The van der Waals surface area contributed by atoms with E-state index in [1.807, 2.05) is 0 Å². The van der Waals surface area contributed by atoms with E-state index in [0.717, 1.165) is 26.2 Å². The summed E-state index contributed by atoms with van der Waals surface area (Å²) < 4.78 is 5.21. The zero-order valence-corrected chi connectivity index (χ0v) is 7.20. The van der Waals surface area contributed by atoms with Crippen LogP contribution in [-0.2, 0) is 4.74 Å². The van der Waals surface area contributed by atoms with Crippen molar-refractivity contribution < 1.29 is 9.84 Å². The molecule has 2 fully saturated rings. The van der Waals surface area contributed by atoms with Crippen LogP contribution in [0.1, 0.15) is 0 Å². The zero-order chi connectivity index (χ0) is 8.39. The van der Waals surface area contributed by atoms with Gasteiger partial charge in [0.25, 0.3) is 0 Å². The van der Waals surface area contributed by atoms with E-state index >= 15 is 0 Å². The van der Waals surface area contributed by atoms with E-state index in [1.54, 1.807) is 0 Å². The van der Waals surface area contributed by atoms with Crippen molar-refractivity contribution in [3.63, 3.8) is 0 Å². The van der Waals surface area contributed by atoms with Gasteiger partial charge in [0.05, 0.1) is 25.4 Å². The van der Waals surface area contributed by atoms with E-state index in [2.05, 4.69) is 10.2 Å². The fraction of sp³-hybridized carbons (Fsp3) is 1.00. The number of aliphatic hydroxyl groups excluding tert-OH is 1. The number of piperazine rings is 1. The van der Waals surface area contributed by atoms with Gasteiger partial charge in [-0.2, -0.15) is 0 Å². The number of ether oxygens (including phenoxy) is 1. The summed E-state index contributed by atoms with van der Waals surface area (Å²) in [7, 11) is 0. The van der Waals surface area contributed by atoms with Gasteiger partial charge in [-0.15, -0.1) is 0 Å². The van der Waals surface area contributed by atoms with Crippen LogP contribution < -0.4 is 5.32 Å². The van der Waals surface area contributed by atoms with Crippen molar-refractivity contribution in [2.45, 2.75) is 12.1 Å². The van der Waals surface area contributed by atoms with Gasteiger partial charge in [0.2, 0.25) is 0 Å². The molecule has 0 bridgehead atoms. The highest BCUT2D eigenvalue weighted by Gasteiger charge is 2.31. The number of hydrogen-bond donors (Lipinski definition) is 2. The van der Waals surface area contributed by atoms with Crippen LogP contribution >= 0.6 is 0 Å². The fourth-order valence-corrected chi connectivity index (χ4v) is 1.89. The number of hydrogen-bond acceptors (Lipinski definition) is 4. The Balaban J connectivity index is 1.89. The van der Waals surface area contributed by atoms with Crippen molar-refractivity contribution in [3.05, 3.63) is 0 Å². The average Bonchev–Trinajstić information content (AvgIpc) is 2.53. The molecule has 2 aliphatic heterocycles. The molecule has 0 aromatic rings. The topological polar surface area (TPSA) is 44.7 Å². The van der Waals surface area contributed by atoms with Crippen LogP contribution in [0.25, 0.3) is 0 Å². The monoisotopic (exact) mass is 172 g/mol. The summed E-state index contributed by atoms with van der Waals surface area (Å²) in [6, 6.07) is 0.243. The molecule has 0 radical (unpaired) electrons. The first-order valence-corrected chi connectivity index (χ1v) is 4.58. The van der Waals surface area contributed by atoms with Crippen LogP contribution in [0.3, 0.4) is 0 Å². The summed E-state index contributed by atoms with van der Waals surface area (Å²) in [5, 5.41) is 12.8. The Morgan fingerprint density at radius 2 is 2.00 bits per heavy atom. The molecule has 2 aliphatic rings. The lowest BCUT2D eigenvalue weighted by molar-refractivity contribution is 0.0746. The number of rotatable bonds is 1. The maximum absolute atomic E-state index is 9.55. The highest BCUT2D eigenvalue weighted by Crippen LogP contribution is 2.13. The van der Waals surface area contributed by atoms with Gasteiger partial charge in [0.1, 0.15) is 0 Å². The van der Waals surface area contributed by atoms with Crippen molar-refractivity contribution in [2.24, 2.45) is 0 Å². The van der Waals surface area contributed by atoms with Gasteiger partial charge in [0, 0.05) is 26.2 Å². The quantitative estimate of drug-likeness (QED) is 0.513. The lowest BCUT2D eigenvalue weighted by atomic mass is 10.1. The molecule has 0 saturated carbocycles. The molecule has 0 aromatic carbocycles.